The summed E-state index contributed by atoms with van der Waals surface area (Å²) in [5, 5.41) is 8.82. The first-order chi connectivity index (χ1) is 10.5. The predicted octanol–water partition coefficient (Wildman–Crippen LogP) is 4.12. The van der Waals surface area contributed by atoms with E-state index in [2.05, 4.69) is 6.07 Å². The smallest absolute Gasteiger partial charge is 0.258 e. The molecule has 0 aliphatic heterocycles. The minimum atomic E-state index is -0.0379. The number of aryl methyl sites for hydroxylation is 1. The predicted molar refractivity (Wildman–Crippen MR) is 88.9 cm³/mol. The van der Waals surface area contributed by atoms with Crippen molar-refractivity contribution >= 4 is 11.6 Å². The van der Waals surface area contributed by atoms with Crippen LogP contribution in [0.1, 0.15) is 35.3 Å². The first-order valence-corrected chi connectivity index (χ1v) is 7.39. The van der Waals surface area contributed by atoms with Crippen molar-refractivity contribution in [3.05, 3.63) is 65.2 Å². The van der Waals surface area contributed by atoms with Crippen LogP contribution in [0.4, 0.5) is 5.69 Å². The molecule has 0 heterocycles. The molecular weight excluding hydrogens is 272 g/mol. The minimum absolute atomic E-state index is 0.0379. The third-order valence-corrected chi connectivity index (χ3v) is 3.57. The van der Waals surface area contributed by atoms with E-state index in [1.54, 1.807) is 17.0 Å². The van der Waals surface area contributed by atoms with Crippen LogP contribution in [0, 0.1) is 18.3 Å². The van der Waals surface area contributed by atoms with E-state index in [1.807, 2.05) is 57.2 Å². The second kappa shape index (κ2) is 6.91. The minimum Gasteiger partial charge on any atom is -0.306 e. The van der Waals surface area contributed by atoms with Gasteiger partial charge in [-0.3, -0.25) is 4.79 Å². The highest BCUT2D eigenvalue weighted by Gasteiger charge is 2.22. The lowest BCUT2D eigenvalue weighted by atomic mass is 10.1. The van der Waals surface area contributed by atoms with E-state index in [4.69, 9.17) is 5.26 Å². The molecule has 22 heavy (non-hydrogen) atoms. The van der Waals surface area contributed by atoms with E-state index >= 15 is 0 Å². The molecular formula is C19H20N2O. The van der Waals surface area contributed by atoms with Crippen LogP contribution in [0.2, 0.25) is 0 Å². The Labute approximate surface area is 131 Å². The number of nitriles is 1. The van der Waals surface area contributed by atoms with Crippen molar-refractivity contribution in [2.75, 3.05) is 4.90 Å². The van der Waals surface area contributed by atoms with E-state index in [-0.39, 0.29) is 11.9 Å². The lowest BCUT2D eigenvalue weighted by Gasteiger charge is -2.28. The van der Waals surface area contributed by atoms with Crippen molar-refractivity contribution in [1.29, 1.82) is 5.26 Å². The first kappa shape index (κ1) is 15.8. The molecule has 0 saturated heterocycles. The summed E-state index contributed by atoms with van der Waals surface area (Å²) in [6.07, 6.45) is 0.313. The lowest BCUT2D eigenvalue weighted by Crippen LogP contribution is -2.37. The van der Waals surface area contributed by atoms with Crippen molar-refractivity contribution in [2.45, 2.75) is 33.2 Å². The number of rotatable bonds is 4. The Bertz CT molecular complexity index is 713. The third-order valence-electron chi connectivity index (χ3n) is 3.57. The molecule has 2 aromatic carbocycles. The summed E-state index contributed by atoms with van der Waals surface area (Å²) in [4.78, 5) is 14.7. The summed E-state index contributed by atoms with van der Waals surface area (Å²) in [6, 6.07) is 17.4. The molecule has 1 amide bonds. The van der Waals surface area contributed by atoms with Crippen LogP contribution < -0.4 is 4.90 Å². The maximum Gasteiger partial charge on any atom is 0.258 e. The Morgan fingerprint density at radius 2 is 1.91 bits per heavy atom. The Morgan fingerprint density at radius 3 is 2.55 bits per heavy atom. The molecule has 0 aromatic heterocycles. The molecule has 112 valence electrons. The van der Waals surface area contributed by atoms with Crippen molar-refractivity contribution in [2.24, 2.45) is 0 Å². The van der Waals surface area contributed by atoms with Crippen molar-refractivity contribution < 1.29 is 4.79 Å². The first-order valence-electron chi connectivity index (χ1n) is 7.39. The molecule has 0 aliphatic rings. The van der Waals surface area contributed by atoms with Crippen LogP contribution in [0.25, 0.3) is 0 Å². The zero-order chi connectivity index (χ0) is 16.1. The van der Waals surface area contributed by atoms with Crippen LogP contribution in [-0.2, 0) is 6.42 Å². The average molecular weight is 292 g/mol. The number of para-hydroxylation sites is 1. The van der Waals surface area contributed by atoms with Crippen LogP contribution in [0.15, 0.2) is 48.5 Å². The Kier molecular flexibility index (Phi) is 4.95. The largest absolute Gasteiger partial charge is 0.306 e. The number of hydrogen-bond acceptors (Lipinski definition) is 2. The standard InChI is InChI=1S/C19H20N2O/c1-14(2)21(18-10-5-4-7-15(18)3)19(22)17-9-6-8-16(13-17)11-12-20/h4-10,13-14H,11H2,1-3H3. The van der Waals surface area contributed by atoms with Gasteiger partial charge < -0.3 is 4.90 Å². The van der Waals surface area contributed by atoms with Crippen molar-refractivity contribution in [3.8, 4) is 6.07 Å². The van der Waals surface area contributed by atoms with Gasteiger partial charge in [-0.25, -0.2) is 0 Å². The molecule has 0 N–H and O–H groups in total. The van der Waals surface area contributed by atoms with Gasteiger partial charge in [0, 0.05) is 17.3 Å². The topological polar surface area (TPSA) is 44.1 Å². The Morgan fingerprint density at radius 1 is 1.18 bits per heavy atom. The molecule has 2 rings (SSSR count). The molecule has 2 aromatic rings. The Balaban J connectivity index is 2.42. The molecule has 0 atom stereocenters. The molecule has 0 saturated carbocycles. The van der Waals surface area contributed by atoms with Gasteiger partial charge >= 0.3 is 0 Å². The van der Waals surface area contributed by atoms with E-state index in [9.17, 15) is 4.79 Å². The summed E-state index contributed by atoms with van der Waals surface area (Å²) in [5.41, 5.74) is 3.47. The summed E-state index contributed by atoms with van der Waals surface area (Å²) in [7, 11) is 0. The third kappa shape index (κ3) is 3.35. The van der Waals surface area contributed by atoms with Crippen LogP contribution >= 0.6 is 0 Å². The highest BCUT2D eigenvalue weighted by atomic mass is 16.2. The number of nitrogens with zero attached hydrogens (tertiary/aromatic N) is 2. The summed E-state index contributed by atoms with van der Waals surface area (Å²) >= 11 is 0. The molecule has 3 heteroatoms. The zero-order valence-corrected chi connectivity index (χ0v) is 13.2. The van der Waals surface area contributed by atoms with Gasteiger partial charge in [-0.2, -0.15) is 5.26 Å². The van der Waals surface area contributed by atoms with Crippen molar-refractivity contribution in [3.63, 3.8) is 0 Å². The second-order valence-electron chi connectivity index (χ2n) is 5.59. The van der Waals surface area contributed by atoms with Crippen LogP contribution in [-0.4, -0.2) is 11.9 Å². The van der Waals surface area contributed by atoms with Crippen LogP contribution in [0.3, 0.4) is 0 Å². The Hall–Kier alpha value is -2.60. The van der Waals surface area contributed by atoms with Gasteiger partial charge in [0.1, 0.15) is 0 Å². The van der Waals surface area contributed by atoms with E-state index in [1.165, 1.54) is 0 Å². The normalized spacial score (nSPS) is 10.3. The summed E-state index contributed by atoms with van der Waals surface area (Å²) < 4.78 is 0. The molecule has 0 bridgehead atoms. The number of carbonyl (C=O) groups excluding carboxylic acids is 1. The molecule has 0 aliphatic carbocycles. The van der Waals surface area contributed by atoms with E-state index in [0.717, 1.165) is 16.8 Å². The highest BCUT2D eigenvalue weighted by Crippen LogP contribution is 2.24. The molecule has 0 fully saturated rings. The van der Waals surface area contributed by atoms with Crippen molar-refractivity contribution in [1.82, 2.24) is 0 Å². The maximum absolute atomic E-state index is 12.9. The molecule has 3 nitrogen and oxygen atoms in total. The number of anilines is 1. The lowest BCUT2D eigenvalue weighted by molar-refractivity contribution is 0.0980. The molecule has 0 spiro atoms. The number of carbonyl (C=O) groups is 1. The van der Waals surface area contributed by atoms with Gasteiger partial charge in [0.05, 0.1) is 12.5 Å². The number of benzene rings is 2. The SMILES string of the molecule is Cc1ccccc1N(C(=O)c1cccc(CC#N)c1)C(C)C. The molecule has 0 radical (unpaired) electrons. The molecule has 0 unspecified atom stereocenters. The maximum atomic E-state index is 12.9. The second-order valence-corrected chi connectivity index (χ2v) is 5.59. The monoisotopic (exact) mass is 292 g/mol. The van der Waals surface area contributed by atoms with E-state index < -0.39 is 0 Å². The van der Waals surface area contributed by atoms with Gasteiger partial charge in [0.25, 0.3) is 5.91 Å². The fourth-order valence-electron chi connectivity index (χ4n) is 2.50. The van der Waals surface area contributed by atoms with Gasteiger partial charge in [0.2, 0.25) is 0 Å². The summed E-state index contributed by atoms with van der Waals surface area (Å²) in [6.45, 7) is 6.01. The van der Waals surface area contributed by atoms with Gasteiger partial charge in [-0.1, -0.05) is 30.3 Å². The van der Waals surface area contributed by atoms with Gasteiger partial charge in [-0.05, 0) is 50.1 Å². The van der Waals surface area contributed by atoms with Gasteiger partial charge in [-0.15, -0.1) is 0 Å². The highest BCUT2D eigenvalue weighted by molar-refractivity contribution is 6.06. The fourth-order valence-corrected chi connectivity index (χ4v) is 2.50. The summed E-state index contributed by atoms with van der Waals surface area (Å²) in [5.74, 6) is -0.0379. The average Bonchev–Trinajstić information content (AvgIpc) is 2.49. The van der Waals surface area contributed by atoms with E-state index in [0.29, 0.717) is 12.0 Å². The van der Waals surface area contributed by atoms with Gasteiger partial charge in [0.15, 0.2) is 0 Å². The quantitative estimate of drug-likeness (QED) is 0.851. The number of amides is 1. The zero-order valence-electron chi connectivity index (χ0n) is 13.2. The fraction of sp³-hybridized carbons (Fsp3) is 0.263. The van der Waals surface area contributed by atoms with Crippen LogP contribution in [0.5, 0.6) is 0 Å². The number of hydrogen-bond donors (Lipinski definition) is 0.